The molecule has 24 heavy (non-hydrogen) atoms. The lowest BCUT2D eigenvalue weighted by atomic mass is 10.1. The Bertz CT molecular complexity index is 870. The molecule has 0 amide bonds. The summed E-state index contributed by atoms with van der Waals surface area (Å²) in [5.41, 5.74) is 3.22. The van der Waals surface area contributed by atoms with Crippen LogP contribution in [0.2, 0.25) is 5.02 Å². The Kier molecular flexibility index (Phi) is 5.11. The first-order valence-corrected chi connectivity index (χ1v) is 8.49. The number of benzene rings is 2. The second kappa shape index (κ2) is 7.45. The Morgan fingerprint density at radius 2 is 1.83 bits per heavy atom. The van der Waals surface area contributed by atoms with Crippen molar-refractivity contribution in [3.63, 3.8) is 0 Å². The second-order valence-corrected chi connectivity index (χ2v) is 6.20. The highest BCUT2D eigenvalue weighted by Gasteiger charge is 2.06. The summed E-state index contributed by atoms with van der Waals surface area (Å²) in [5.74, 6) is 1.58. The summed E-state index contributed by atoms with van der Waals surface area (Å²) in [5, 5.41) is 5.20. The molecule has 2 aromatic carbocycles. The van der Waals surface area contributed by atoms with Crippen LogP contribution in [-0.4, -0.2) is 16.5 Å². The van der Waals surface area contributed by atoms with Crippen molar-refractivity contribution in [2.75, 3.05) is 11.9 Å². The van der Waals surface area contributed by atoms with E-state index in [9.17, 15) is 0 Å². The maximum Gasteiger partial charge on any atom is 0.154 e. The van der Waals surface area contributed by atoms with Crippen LogP contribution in [0, 0.1) is 6.92 Å². The Morgan fingerprint density at radius 3 is 2.58 bits per heavy atom. The maximum absolute atomic E-state index is 5.92. The van der Waals surface area contributed by atoms with Gasteiger partial charge in [-0.2, -0.15) is 0 Å². The molecule has 4 heteroatoms. The van der Waals surface area contributed by atoms with Gasteiger partial charge in [0.2, 0.25) is 0 Å². The van der Waals surface area contributed by atoms with E-state index in [1.54, 1.807) is 0 Å². The number of nitrogens with one attached hydrogen (secondary N) is 1. The number of halogens is 1. The van der Waals surface area contributed by atoms with Crippen molar-refractivity contribution in [2.45, 2.75) is 20.3 Å². The van der Waals surface area contributed by atoms with Crippen molar-refractivity contribution in [1.29, 1.82) is 0 Å². The highest BCUT2D eigenvalue weighted by Crippen LogP contribution is 2.22. The first-order valence-electron chi connectivity index (χ1n) is 8.11. The van der Waals surface area contributed by atoms with Gasteiger partial charge in [-0.15, -0.1) is 0 Å². The summed E-state index contributed by atoms with van der Waals surface area (Å²) in [6.07, 6.45) is 4.97. The number of fused-ring (bicyclic) bond motifs is 1. The van der Waals surface area contributed by atoms with E-state index >= 15 is 0 Å². The van der Waals surface area contributed by atoms with Crippen LogP contribution in [0.4, 0.5) is 5.82 Å². The molecule has 0 atom stereocenters. The van der Waals surface area contributed by atoms with Crippen molar-refractivity contribution >= 4 is 40.5 Å². The highest BCUT2D eigenvalue weighted by molar-refractivity contribution is 6.30. The predicted molar refractivity (Wildman–Crippen MR) is 103 cm³/mol. The van der Waals surface area contributed by atoms with E-state index in [0.29, 0.717) is 5.82 Å². The third kappa shape index (κ3) is 3.92. The molecule has 0 aliphatic carbocycles. The summed E-state index contributed by atoms with van der Waals surface area (Å²) in [7, 11) is 0. The molecule has 1 N–H and O–H groups in total. The molecule has 1 aromatic heterocycles. The van der Waals surface area contributed by atoms with Gasteiger partial charge >= 0.3 is 0 Å². The third-order valence-electron chi connectivity index (χ3n) is 3.71. The molecule has 0 spiro atoms. The fraction of sp³-hybridized carbons (Fsp3) is 0.200. The van der Waals surface area contributed by atoms with Gasteiger partial charge in [0.15, 0.2) is 5.82 Å². The molecule has 0 aliphatic rings. The molecule has 3 rings (SSSR count). The topological polar surface area (TPSA) is 37.8 Å². The first-order chi connectivity index (χ1) is 11.7. The van der Waals surface area contributed by atoms with E-state index in [0.717, 1.165) is 40.3 Å². The normalized spacial score (nSPS) is 11.3. The molecule has 0 fully saturated rings. The van der Waals surface area contributed by atoms with Crippen molar-refractivity contribution in [3.05, 3.63) is 64.4 Å². The molecule has 1 heterocycles. The molecule has 3 nitrogen and oxygen atoms in total. The number of aromatic nitrogens is 2. The summed E-state index contributed by atoms with van der Waals surface area (Å²) >= 11 is 5.92. The van der Waals surface area contributed by atoms with Crippen molar-refractivity contribution in [2.24, 2.45) is 0 Å². The number of hydrogen-bond acceptors (Lipinski definition) is 3. The van der Waals surface area contributed by atoms with Gasteiger partial charge in [0.25, 0.3) is 0 Å². The lowest BCUT2D eigenvalue weighted by molar-refractivity contribution is 0.968. The highest BCUT2D eigenvalue weighted by atomic mass is 35.5. The Balaban J connectivity index is 1.98. The molecule has 122 valence electrons. The summed E-state index contributed by atoms with van der Waals surface area (Å²) < 4.78 is 0. The van der Waals surface area contributed by atoms with Gasteiger partial charge in [-0.25, -0.2) is 9.97 Å². The van der Waals surface area contributed by atoms with Crippen molar-refractivity contribution in [3.8, 4) is 0 Å². The van der Waals surface area contributed by atoms with Crippen LogP contribution in [0.15, 0.2) is 42.5 Å². The average Bonchev–Trinajstić information content (AvgIpc) is 2.59. The molecule has 3 aromatic rings. The molecular weight excluding hydrogens is 318 g/mol. The van der Waals surface area contributed by atoms with Crippen LogP contribution in [0.3, 0.4) is 0 Å². The number of nitrogens with zero attached hydrogens (tertiary/aromatic N) is 2. The Labute approximate surface area is 147 Å². The van der Waals surface area contributed by atoms with Crippen LogP contribution < -0.4 is 5.32 Å². The van der Waals surface area contributed by atoms with Crippen molar-refractivity contribution < 1.29 is 0 Å². The van der Waals surface area contributed by atoms with Crippen LogP contribution >= 0.6 is 11.6 Å². The zero-order chi connectivity index (χ0) is 16.9. The fourth-order valence-electron chi connectivity index (χ4n) is 2.46. The Morgan fingerprint density at radius 1 is 1.04 bits per heavy atom. The van der Waals surface area contributed by atoms with Gasteiger partial charge in [-0.3, -0.25) is 0 Å². The number of aryl methyl sites for hydroxylation is 1. The minimum atomic E-state index is 0.694. The maximum atomic E-state index is 5.92. The average molecular weight is 338 g/mol. The second-order valence-electron chi connectivity index (χ2n) is 5.76. The van der Waals surface area contributed by atoms with E-state index in [1.165, 1.54) is 5.56 Å². The number of anilines is 1. The molecule has 0 saturated heterocycles. The van der Waals surface area contributed by atoms with Crippen LogP contribution in [0.5, 0.6) is 0 Å². The largest absolute Gasteiger partial charge is 0.369 e. The third-order valence-corrected chi connectivity index (χ3v) is 3.96. The standard InChI is InChI=1S/C20H20ClN3/c1-3-12-22-20-17-13-14(2)4-10-18(17)23-19(24-20)11-7-15-5-8-16(21)9-6-15/h4-11,13H,3,12H2,1-2H3,(H,22,23,24)/b11-7+. The Hall–Kier alpha value is -2.39. The zero-order valence-electron chi connectivity index (χ0n) is 13.9. The number of hydrogen-bond donors (Lipinski definition) is 1. The number of rotatable bonds is 5. The lowest BCUT2D eigenvalue weighted by Gasteiger charge is -2.09. The summed E-state index contributed by atoms with van der Waals surface area (Å²) in [6.45, 7) is 5.11. The minimum absolute atomic E-state index is 0.694. The van der Waals surface area contributed by atoms with Gasteiger partial charge in [-0.1, -0.05) is 48.4 Å². The van der Waals surface area contributed by atoms with E-state index in [-0.39, 0.29) is 0 Å². The minimum Gasteiger partial charge on any atom is -0.369 e. The van der Waals surface area contributed by atoms with E-state index in [2.05, 4.69) is 41.3 Å². The van der Waals surface area contributed by atoms with Crippen LogP contribution in [-0.2, 0) is 0 Å². The van der Waals surface area contributed by atoms with E-state index in [4.69, 9.17) is 11.6 Å². The predicted octanol–water partition coefficient (Wildman–Crippen LogP) is 5.58. The van der Waals surface area contributed by atoms with Crippen LogP contribution in [0.25, 0.3) is 23.1 Å². The first kappa shape index (κ1) is 16.5. The molecular formula is C20H20ClN3. The van der Waals surface area contributed by atoms with Gasteiger partial charge in [0.1, 0.15) is 5.82 Å². The quantitative estimate of drug-likeness (QED) is 0.660. The monoisotopic (exact) mass is 337 g/mol. The zero-order valence-corrected chi connectivity index (χ0v) is 14.6. The smallest absolute Gasteiger partial charge is 0.154 e. The summed E-state index contributed by atoms with van der Waals surface area (Å²) in [4.78, 5) is 9.33. The van der Waals surface area contributed by atoms with E-state index in [1.807, 2.05) is 42.5 Å². The van der Waals surface area contributed by atoms with Gasteiger partial charge in [0.05, 0.1) is 5.52 Å². The lowest BCUT2D eigenvalue weighted by Crippen LogP contribution is -2.05. The molecule has 0 unspecified atom stereocenters. The molecule has 0 radical (unpaired) electrons. The van der Waals surface area contributed by atoms with Gasteiger partial charge < -0.3 is 5.32 Å². The summed E-state index contributed by atoms with van der Waals surface area (Å²) in [6, 6.07) is 13.9. The molecule has 0 bridgehead atoms. The fourth-order valence-corrected chi connectivity index (χ4v) is 2.58. The molecule has 0 saturated carbocycles. The van der Waals surface area contributed by atoms with Crippen LogP contribution in [0.1, 0.15) is 30.3 Å². The molecule has 0 aliphatic heterocycles. The van der Waals surface area contributed by atoms with Crippen molar-refractivity contribution in [1.82, 2.24) is 9.97 Å². The SMILES string of the molecule is CCCNc1nc(/C=C/c2ccc(Cl)cc2)nc2ccc(C)cc12. The van der Waals surface area contributed by atoms with E-state index < -0.39 is 0 Å². The van der Waals surface area contributed by atoms with Gasteiger partial charge in [0, 0.05) is 17.0 Å². The van der Waals surface area contributed by atoms with Gasteiger partial charge in [-0.05, 0) is 49.2 Å².